The third-order valence-electron chi connectivity index (χ3n) is 4.96. The first-order valence-corrected chi connectivity index (χ1v) is 9.73. The van der Waals surface area contributed by atoms with Gasteiger partial charge in [0.25, 0.3) is 0 Å². The van der Waals surface area contributed by atoms with Crippen molar-refractivity contribution < 1.29 is 0 Å². The summed E-state index contributed by atoms with van der Waals surface area (Å²) < 4.78 is 0. The van der Waals surface area contributed by atoms with Crippen molar-refractivity contribution in [3.8, 4) is 0 Å². The molecular formula is C20H19Cl3N2. The standard InChI is InChI=1S/C20H19Cl3N2/c21-15-10-12(11-16(22)19(15)23)8-9-24-18-7-3-5-14-13-4-1-2-6-17(13)25-20(14)18/h1-2,4,6,10-11,18,24-25H,3,5,7-9H2. The van der Waals surface area contributed by atoms with E-state index in [0.29, 0.717) is 21.1 Å². The van der Waals surface area contributed by atoms with Gasteiger partial charge in [-0.2, -0.15) is 0 Å². The van der Waals surface area contributed by atoms with E-state index in [2.05, 4.69) is 34.6 Å². The molecule has 1 aromatic heterocycles. The molecule has 2 nitrogen and oxygen atoms in total. The van der Waals surface area contributed by atoms with E-state index in [-0.39, 0.29) is 0 Å². The average molecular weight is 394 g/mol. The summed E-state index contributed by atoms with van der Waals surface area (Å²) in [5.74, 6) is 0. The molecular weight excluding hydrogens is 375 g/mol. The number of benzene rings is 2. The van der Waals surface area contributed by atoms with Gasteiger partial charge in [-0.05, 0) is 61.6 Å². The average Bonchev–Trinajstić information content (AvgIpc) is 2.99. The number of halogens is 3. The smallest absolute Gasteiger partial charge is 0.0778 e. The van der Waals surface area contributed by atoms with Crippen molar-refractivity contribution in [2.24, 2.45) is 0 Å². The van der Waals surface area contributed by atoms with Crippen LogP contribution in [0.3, 0.4) is 0 Å². The van der Waals surface area contributed by atoms with Crippen LogP contribution in [0.5, 0.6) is 0 Å². The first-order chi connectivity index (χ1) is 12.1. The van der Waals surface area contributed by atoms with Crippen molar-refractivity contribution in [2.45, 2.75) is 31.7 Å². The molecule has 130 valence electrons. The first-order valence-electron chi connectivity index (χ1n) is 8.60. The molecule has 0 saturated heterocycles. The SMILES string of the molecule is Clc1cc(CCNC2CCCc3c2[nH]c2ccccc32)cc(Cl)c1Cl. The lowest BCUT2D eigenvalue weighted by Crippen LogP contribution is -2.27. The maximum absolute atomic E-state index is 6.12. The second kappa shape index (κ2) is 7.20. The van der Waals surface area contributed by atoms with E-state index in [1.807, 2.05) is 12.1 Å². The van der Waals surface area contributed by atoms with Gasteiger partial charge < -0.3 is 10.3 Å². The molecule has 1 unspecified atom stereocenters. The zero-order valence-corrected chi connectivity index (χ0v) is 16.0. The number of rotatable bonds is 4. The Hall–Kier alpha value is -1.19. The highest BCUT2D eigenvalue weighted by Gasteiger charge is 2.23. The Morgan fingerprint density at radius 1 is 1.08 bits per heavy atom. The van der Waals surface area contributed by atoms with Crippen molar-refractivity contribution in [3.05, 3.63) is 68.3 Å². The normalized spacial score (nSPS) is 17.0. The zero-order valence-electron chi connectivity index (χ0n) is 13.7. The molecule has 0 fully saturated rings. The van der Waals surface area contributed by atoms with Gasteiger partial charge in [0.2, 0.25) is 0 Å². The molecule has 1 heterocycles. The molecule has 2 aromatic carbocycles. The number of hydrogen-bond donors (Lipinski definition) is 2. The number of H-pyrrole nitrogens is 1. The van der Waals surface area contributed by atoms with Crippen molar-refractivity contribution in [3.63, 3.8) is 0 Å². The summed E-state index contributed by atoms with van der Waals surface area (Å²) in [5.41, 5.74) is 5.15. The van der Waals surface area contributed by atoms with E-state index in [0.717, 1.165) is 31.4 Å². The molecule has 0 spiro atoms. The quantitative estimate of drug-likeness (QED) is 0.497. The minimum atomic E-state index is 0.370. The van der Waals surface area contributed by atoms with Gasteiger partial charge in [0.1, 0.15) is 0 Å². The van der Waals surface area contributed by atoms with Crippen LogP contribution in [0.25, 0.3) is 10.9 Å². The molecule has 2 N–H and O–H groups in total. The fourth-order valence-electron chi connectivity index (χ4n) is 3.76. The van der Waals surface area contributed by atoms with Gasteiger partial charge >= 0.3 is 0 Å². The van der Waals surface area contributed by atoms with Crippen LogP contribution in [0.15, 0.2) is 36.4 Å². The van der Waals surface area contributed by atoms with Crippen LogP contribution in [0, 0.1) is 0 Å². The fraction of sp³-hybridized carbons (Fsp3) is 0.300. The predicted octanol–water partition coefficient (Wildman–Crippen LogP) is 6.34. The van der Waals surface area contributed by atoms with Gasteiger partial charge in [-0.1, -0.05) is 53.0 Å². The lowest BCUT2D eigenvalue weighted by molar-refractivity contribution is 0.456. The van der Waals surface area contributed by atoms with Crippen LogP contribution in [-0.2, 0) is 12.8 Å². The zero-order chi connectivity index (χ0) is 17.4. The molecule has 3 aromatic rings. The van der Waals surface area contributed by atoms with Crippen molar-refractivity contribution in [1.82, 2.24) is 10.3 Å². The van der Waals surface area contributed by atoms with Crippen LogP contribution in [-0.4, -0.2) is 11.5 Å². The summed E-state index contributed by atoms with van der Waals surface area (Å²) in [5, 5.41) is 6.50. The van der Waals surface area contributed by atoms with Gasteiger partial charge in [-0.25, -0.2) is 0 Å². The van der Waals surface area contributed by atoms with Crippen LogP contribution in [0.4, 0.5) is 0 Å². The van der Waals surface area contributed by atoms with E-state index >= 15 is 0 Å². The van der Waals surface area contributed by atoms with E-state index in [4.69, 9.17) is 34.8 Å². The Balaban J connectivity index is 1.48. The number of hydrogen-bond acceptors (Lipinski definition) is 1. The van der Waals surface area contributed by atoms with Crippen LogP contribution in [0.1, 0.15) is 35.7 Å². The molecule has 0 aliphatic heterocycles. The van der Waals surface area contributed by atoms with Gasteiger partial charge in [-0.15, -0.1) is 0 Å². The third kappa shape index (κ3) is 3.41. The minimum Gasteiger partial charge on any atom is -0.357 e. The van der Waals surface area contributed by atoms with Crippen LogP contribution < -0.4 is 5.32 Å². The molecule has 5 heteroatoms. The van der Waals surface area contributed by atoms with Crippen LogP contribution in [0.2, 0.25) is 15.1 Å². The number of aromatic nitrogens is 1. The summed E-state index contributed by atoms with van der Waals surface area (Å²) in [4.78, 5) is 3.62. The molecule has 25 heavy (non-hydrogen) atoms. The largest absolute Gasteiger partial charge is 0.357 e. The maximum atomic E-state index is 6.12. The molecule has 0 saturated carbocycles. The second-order valence-electron chi connectivity index (χ2n) is 6.59. The van der Waals surface area contributed by atoms with Gasteiger partial charge in [0.05, 0.1) is 15.1 Å². The summed E-state index contributed by atoms with van der Waals surface area (Å²) >= 11 is 18.3. The summed E-state index contributed by atoms with van der Waals surface area (Å²) in [6, 6.07) is 12.7. The Labute approximate surface area is 162 Å². The Kier molecular flexibility index (Phi) is 4.97. The fourth-order valence-corrected chi connectivity index (χ4v) is 4.40. The van der Waals surface area contributed by atoms with E-state index in [1.54, 1.807) is 0 Å². The van der Waals surface area contributed by atoms with Crippen LogP contribution >= 0.6 is 34.8 Å². The van der Waals surface area contributed by atoms with Crippen molar-refractivity contribution in [2.75, 3.05) is 6.54 Å². The summed E-state index contributed by atoms with van der Waals surface area (Å²) in [7, 11) is 0. The number of para-hydroxylation sites is 1. The van der Waals surface area contributed by atoms with Gasteiger partial charge in [0.15, 0.2) is 0 Å². The number of aryl methyl sites for hydroxylation is 1. The van der Waals surface area contributed by atoms with E-state index < -0.39 is 0 Å². The molecule has 1 aliphatic carbocycles. The molecule has 0 radical (unpaired) electrons. The Morgan fingerprint density at radius 2 is 1.84 bits per heavy atom. The molecule has 1 aliphatic rings. The monoisotopic (exact) mass is 392 g/mol. The highest BCUT2D eigenvalue weighted by Crippen LogP contribution is 2.35. The van der Waals surface area contributed by atoms with Gasteiger partial charge in [0, 0.05) is 22.6 Å². The lowest BCUT2D eigenvalue weighted by Gasteiger charge is -2.24. The summed E-state index contributed by atoms with van der Waals surface area (Å²) in [6.45, 7) is 0.869. The molecule has 0 amide bonds. The number of fused-ring (bicyclic) bond motifs is 3. The van der Waals surface area contributed by atoms with E-state index in [1.165, 1.54) is 28.6 Å². The Morgan fingerprint density at radius 3 is 2.64 bits per heavy atom. The minimum absolute atomic E-state index is 0.370. The number of nitrogens with one attached hydrogen (secondary N) is 2. The predicted molar refractivity (Wildman–Crippen MR) is 107 cm³/mol. The third-order valence-corrected chi connectivity index (χ3v) is 6.16. The van der Waals surface area contributed by atoms with Crippen molar-refractivity contribution >= 4 is 45.7 Å². The Bertz CT molecular complexity index is 893. The summed E-state index contributed by atoms with van der Waals surface area (Å²) in [6.07, 6.45) is 4.38. The number of aromatic amines is 1. The highest BCUT2D eigenvalue weighted by atomic mass is 35.5. The molecule has 1 atom stereocenters. The highest BCUT2D eigenvalue weighted by molar-refractivity contribution is 6.48. The molecule has 4 rings (SSSR count). The van der Waals surface area contributed by atoms with Crippen molar-refractivity contribution in [1.29, 1.82) is 0 Å². The topological polar surface area (TPSA) is 27.8 Å². The van der Waals surface area contributed by atoms with E-state index in [9.17, 15) is 0 Å². The second-order valence-corrected chi connectivity index (χ2v) is 7.78. The maximum Gasteiger partial charge on any atom is 0.0778 e. The lowest BCUT2D eigenvalue weighted by atomic mass is 9.91. The molecule has 0 bridgehead atoms. The first kappa shape index (κ1) is 17.2. The van der Waals surface area contributed by atoms with Gasteiger partial charge in [-0.3, -0.25) is 0 Å².